The van der Waals surface area contributed by atoms with Crippen molar-refractivity contribution < 1.29 is 14.6 Å². The number of aliphatic hydroxyl groups is 1. The number of nitrogens with zero attached hydrogens (tertiary/aromatic N) is 3. The zero-order valence-electron chi connectivity index (χ0n) is 12.2. The molecule has 0 amide bonds. The zero-order chi connectivity index (χ0) is 14.4. The van der Waals surface area contributed by atoms with Crippen LogP contribution in [0.2, 0.25) is 0 Å². The van der Waals surface area contributed by atoms with Crippen molar-refractivity contribution in [2.45, 2.75) is 6.10 Å². The van der Waals surface area contributed by atoms with Gasteiger partial charge in [0.2, 0.25) is 5.88 Å². The third-order valence-corrected chi connectivity index (χ3v) is 3.37. The highest BCUT2D eigenvalue weighted by atomic mass is 16.5. The lowest BCUT2D eigenvalue weighted by Gasteiger charge is -2.30. The average Bonchev–Trinajstić information content (AvgIpc) is 2.48. The van der Waals surface area contributed by atoms with Crippen LogP contribution in [0.15, 0.2) is 18.2 Å². The van der Waals surface area contributed by atoms with Gasteiger partial charge in [0.25, 0.3) is 0 Å². The Labute approximate surface area is 119 Å². The molecular weight excluding hydrogens is 258 g/mol. The van der Waals surface area contributed by atoms with E-state index in [1.54, 1.807) is 7.11 Å². The van der Waals surface area contributed by atoms with E-state index in [1.807, 2.05) is 30.1 Å². The zero-order valence-corrected chi connectivity index (χ0v) is 12.2. The van der Waals surface area contributed by atoms with E-state index in [0.717, 1.165) is 32.1 Å². The third-order valence-electron chi connectivity index (χ3n) is 3.37. The Morgan fingerprint density at radius 2 is 2.20 bits per heavy atom. The number of β-amino-alcohol motifs (C(OH)–C–C–N with tert-alkyl or cyclic N) is 1. The van der Waals surface area contributed by atoms with Crippen LogP contribution in [0.5, 0.6) is 5.88 Å². The van der Waals surface area contributed by atoms with E-state index in [0.29, 0.717) is 19.0 Å². The first kappa shape index (κ1) is 15.0. The van der Waals surface area contributed by atoms with E-state index in [-0.39, 0.29) is 0 Å². The average molecular weight is 281 g/mol. The molecule has 1 aromatic heterocycles. The Kier molecular flexibility index (Phi) is 5.58. The van der Waals surface area contributed by atoms with E-state index in [4.69, 9.17) is 9.47 Å². The number of anilines is 1. The highest BCUT2D eigenvalue weighted by molar-refractivity contribution is 5.39. The Morgan fingerprint density at radius 1 is 1.45 bits per heavy atom. The minimum atomic E-state index is -0.411. The van der Waals surface area contributed by atoms with Crippen molar-refractivity contribution in [1.82, 2.24) is 9.88 Å². The standard InChI is InChI=1S/C14H23N3O3/c1-16(13-4-3-5-14(15-13)19-2)10-12(18)11-17-6-8-20-9-7-17/h3-5,12,18H,6-11H2,1-2H3. The summed E-state index contributed by atoms with van der Waals surface area (Å²) in [5.41, 5.74) is 0. The number of hydrogen-bond acceptors (Lipinski definition) is 6. The molecule has 1 fully saturated rings. The van der Waals surface area contributed by atoms with Crippen molar-refractivity contribution in [3.8, 4) is 5.88 Å². The largest absolute Gasteiger partial charge is 0.481 e. The number of pyridine rings is 1. The van der Waals surface area contributed by atoms with Gasteiger partial charge in [0.1, 0.15) is 5.82 Å². The molecule has 1 N–H and O–H groups in total. The molecule has 6 nitrogen and oxygen atoms in total. The van der Waals surface area contributed by atoms with Crippen LogP contribution in [0, 0.1) is 0 Å². The first-order valence-electron chi connectivity index (χ1n) is 6.89. The predicted octanol–water partition coefficient (Wildman–Crippen LogP) is 0.219. The van der Waals surface area contributed by atoms with E-state index >= 15 is 0 Å². The van der Waals surface area contributed by atoms with Gasteiger partial charge in [-0.2, -0.15) is 4.98 Å². The summed E-state index contributed by atoms with van der Waals surface area (Å²) in [5, 5.41) is 10.2. The Balaban J connectivity index is 1.84. The number of aliphatic hydroxyl groups excluding tert-OH is 1. The van der Waals surface area contributed by atoms with Crippen LogP contribution in [-0.2, 0) is 4.74 Å². The smallest absolute Gasteiger partial charge is 0.214 e. The number of morpholine rings is 1. The van der Waals surface area contributed by atoms with Crippen LogP contribution < -0.4 is 9.64 Å². The van der Waals surface area contributed by atoms with E-state index < -0.39 is 6.10 Å². The lowest BCUT2D eigenvalue weighted by molar-refractivity contribution is 0.0162. The monoisotopic (exact) mass is 281 g/mol. The van der Waals surface area contributed by atoms with Gasteiger partial charge in [-0.05, 0) is 6.07 Å². The lowest BCUT2D eigenvalue weighted by Crippen LogP contribution is -2.44. The van der Waals surface area contributed by atoms with Gasteiger partial charge in [-0.15, -0.1) is 0 Å². The molecule has 1 saturated heterocycles. The molecular formula is C14H23N3O3. The van der Waals surface area contributed by atoms with Gasteiger partial charge in [0.05, 0.1) is 26.4 Å². The van der Waals surface area contributed by atoms with Crippen molar-refractivity contribution in [3.63, 3.8) is 0 Å². The van der Waals surface area contributed by atoms with Crippen molar-refractivity contribution in [2.75, 3.05) is 58.5 Å². The molecule has 1 aliphatic heterocycles. The molecule has 0 aromatic carbocycles. The molecule has 0 bridgehead atoms. The normalized spacial score (nSPS) is 17.8. The molecule has 0 radical (unpaired) electrons. The van der Waals surface area contributed by atoms with Crippen molar-refractivity contribution in [3.05, 3.63) is 18.2 Å². The maximum Gasteiger partial charge on any atom is 0.214 e. The number of aromatic nitrogens is 1. The summed E-state index contributed by atoms with van der Waals surface area (Å²) >= 11 is 0. The first-order valence-corrected chi connectivity index (χ1v) is 6.89. The molecule has 1 aliphatic rings. The molecule has 6 heteroatoms. The number of hydrogen-bond donors (Lipinski definition) is 1. The summed E-state index contributed by atoms with van der Waals surface area (Å²) in [7, 11) is 3.52. The second kappa shape index (κ2) is 7.42. The molecule has 0 aliphatic carbocycles. The van der Waals surface area contributed by atoms with Gasteiger partial charge in [-0.1, -0.05) is 6.07 Å². The summed E-state index contributed by atoms with van der Waals surface area (Å²) in [6.07, 6.45) is -0.411. The topological polar surface area (TPSA) is 58.1 Å². The van der Waals surface area contributed by atoms with Crippen LogP contribution in [0.4, 0.5) is 5.82 Å². The van der Waals surface area contributed by atoms with Gasteiger partial charge in [-0.3, -0.25) is 4.90 Å². The summed E-state index contributed by atoms with van der Waals surface area (Å²) < 4.78 is 10.4. The third kappa shape index (κ3) is 4.33. The maximum absolute atomic E-state index is 10.2. The Bertz CT molecular complexity index is 410. The summed E-state index contributed by atoms with van der Waals surface area (Å²) in [5.74, 6) is 1.38. The second-order valence-electron chi connectivity index (χ2n) is 4.99. The van der Waals surface area contributed by atoms with Gasteiger partial charge >= 0.3 is 0 Å². The fourth-order valence-electron chi connectivity index (χ4n) is 2.28. The molecule has 0 saturated carbocycles. The fraction of sp³-hybridized carbons (Fsp3) is 0.643. The highest BCUT2D eigenvalue weighted by Gasteiger charge is 2.16. The summed E-state index contributed by atoms with van der Waals surface area (Å²) in [6.45, 7) is 4.48. The number of methoxy groups -OCH3 is 1. The van der Waals surface area contributed by atoms with Gasteiger partial charge in [-0.25, -0.2) is 0 Å². The van der Waals surface area contributed by atoms with Crippen molar-refractivity contribution >= 4 is 5.82 Å². The van der Waals surface area contributed by atoms with Crippen LogP contribution >= 0.6 is 0 Å². The second-order valence-corrected chi connectivity index (χ2v) is 4.99. The Morgan fingerprint density at radius 3 is 2.90 bits per heavy atom. The van der Waals surface area contributed by atoms with Crippen molar-refractivity contribution in [1.29, 1.82) is 0 Å². The highest BCUT2D eigenvalue weighted by Crippen LogP contribution is 2.14. The summed E-state index contributed by atoms with van der Waals surface area (Å²) in [6, 6.07) is 5.61. The molecule has 1 atom stereocenters. The fourth-order valence-corrected chi connectivity index (χ4v) is 2.28. The molecule has 0 spiro atoms. The number of rotatable bonds is 6. The number of ether oxygens (including phenoxy) is 2. The number of likely N-dealkylation sites (N-methyl/N-ethyl adjacent to an activating group) is 1. The maximum atomic E-state index is 10.2. The van der Waals surface area contributed by atoms with Gasteiger partial charge in [0.15, 0.2) is 0 Å². The minimum Gasteiger partial charge on any atom is -0.481 e. The van der Waals surface area contributed by atoms with E-state index in [1.165, 1.54) is 0 Å². The lowest BCUT2D eigenvalue weighted by atomic mass is 10.2. The molecule has 112 valence electrons. The molecule has 2 heterocycles. The Hall–Kier alpha value is -1.37. The van der Waals surface area contributed by atoms with Crippen LogP contribution in [0.1, 0.15) is 0 Å². The van der Waals surface area contributed by atoms with Crippen molar-refractivity contribution in [2.24, 2.45) is 0 Å². The van der Waals surface area contributed by atoms with Crippen LogP contribution in [0.3, 0.4) is 0 Å². The molecule has 1 aromatic rings. The first-order chi connectivity index (χ1) is 9.69. The van der Waals surface area contributed by atoms with E-state index in [2.05, 4.69) is 9.88 Å². The summed E-state index contributed by atoms with van der Waals surface area (Å²) in [4.78, 5) is 8.51. The van der Waals surface area contributed by atoms with Gasteiger partial charge < -0.3 is 19.5 Å². The minimum absolute atomic E-state index is 0.411. The quantitative estimate of drug-likeness (QED) is 0.805. The molecule has 20 heavy (non-hydrogen) atoms. The van der Waals surface area contributed by atoms with Crippen LogP contribution in [-0.4, -0.2) is 74.6 Å². The van der Waals surface area contributed by atoms with Crippen LogP contribution in [0.25, 0.3) is 0 Å². The SMILES string of the molecule is COc1cccc(N(C)CC(O)CN2CCOCC2)n1. The van der Waals surface area contributed by atoms with Gasteiger partial charge in [0, 0.05) is 39.3 Å². The predicted molar refractivity (Wildman–Crippen MR) is 77.3 cm³/mol. The molecule has 2 rings (SSSR count). The molecule has 1 unspecified atom stereocenters. The van der Waals surface area contributed by atoms with E-state index in [9.17, 15) is 5.11 Å².